The van der Waals surface area contributed by atoms with Crippen LogP contribution in [0.25, 0.3) is 0 Å². The van der Waals surface area contributed by atoms with Gasteiger partial charge in [-0.15, -0.1) is 0 Å². The summed E-state index contributed by atoms with van der Waals surface area (Å²) < 4.78 is 36.6. The van der Waals surface area contributed by atoms with E-state index in [1.807, 2.05) is 0 Å². The third-order valence-corrected chi connectivity index (χ3v) is 2.77. The lowest BCUT2D eigenvalue weighted by Gasteiger charge is -2.14. The SMILES string of the molecule is COc1cccc(OCC(O)c2ccc(F)cc2F)c1. The van der Waals surface area contributed by atoms with E-state index in [4.69, 9.17) is 9.47 Å². The molecule has 1 N–H and O–H groups in total. The standard InChI is InChI=1S/C15H14F2O3/c1-19-11-3-2-4-12(8-11)20-9-15(18)13-6-5-10(16)7-14(13)17/h2-8,15,18H,9H2,1H3. The summed E-state index contributed by atoms with van der Waals surface area (Å²) in [7, 11) is 1.53. The van der Waals surface area contributed by atoms with Crippen molar-refractivity contribution in [2.24, 2.45) is 0 Å². The quantitative estimate of drug-likeness (QED) is 0.914. The zero-order chi connectivity index (χ0) is 14.5. The van der Waals surface area contributed by atoms with Crippen LogP contribution in [0.15, 0.2) is 42.5 Å². The van der Waals surface area contributed by atoms with Gasteiger partial charge in [-0.2, -0.15) is 0 Å². The molecule has 1 atom stereocenters. The fraction of sp³-hybridized carbons (Fsp3) is 0.200. The highest BCUT2D eigenvalue weighted by atomic mass is 19.1. The molecule has 2 aromatic rings. The monoisotopic (exact) mass is 280 g/mol. The molecule has 0 saturated carbocycles. The normalized spacial score (nSPS) is 12.0. The van der Waals surface area contributed by atoms with Gasteiger partial charge in [0.15, 0.2) is 0 Å². The van der Waals surface area contributed by atoms with Gasteiger partial charge in [0.2, 0.25) is 0 Å². The molecule has 0 fully saturated rings. The van der Waals surface area contributed by atoms with Crippen LogP contribution in [0.2, 0.25) is 0 Å². The lowest BCUT2D eigenvalue weighted by Crippen LogP contribution is -2.11. The van der Waals surface area contributed by atoms with Crippen molar-refractivity contribution in [2.75, 3.05) is 13.7 Å². The van der Waals surface area contributed by atoms with E-state index in [9.17, 15) is 13.9 Å². The fourth-order valence-corrected chi connectivity index (χ4v) is 1.73. The minimum atomic E-state index is -1.18. The highest BCUT2D eigenvalue weighted by Gasteiger charge is 2.14. The third kappa shape index (κ3) is 3.45. The van der Waals surface area contributed by atoms with Gasteiger partial charge >= 0.3 is 0 Å². The Kier molecular flexibility index (Phi) is 4.53. The van der Waals surface area contributed by atoms with Crippen LogP contribution in [0, 0.1) is 11.6 Å². The summed E-state index contributed by atoms with van der Waals surface area (Å²) in [5, 5.41) is 9.86. The van der Waals surface area contributed by atoms with Crippen molar-refractivity contribution >= 4 is 0 Å². The first-order chi connectivity index (χ1) is 9.60. The Morgan fingerprint density at radius 3 is 2.55 bits per heavy atom. The maximum absolute atomic E-state index is 13.5. The number of hydrogen-bond donors (Lipinski definition) is 1. The average Bonchev–Trinajstić information content (AvgIpc) is 2.45. The fourth-order valence-electron chi connectivity index (χ4n) is 1.73. The van der Waals surface area contributed by atoms with Crippen LogP contribution in [0.1, 0.15) is 11.7 Å². The van der Waals surface area contributed by atoms with Gasteiger partial charge in [0.25, 0.3) is 0 Å². The Bertz CT molecular complexity index is 587. The molecule has 2 aromatic carbocycles. The van der Waals surface area contributed by atoms with Crippen molar-refractivity contribution in [3.63, 3.8) is 0 Å². The number of rotatable bonds is 5. The largest absolute Gasteiger partial charge is 0.497 e. The van der Waals surface area contributed by atoms with Crippen molar-refractivity contribution < 1.29 is 23.4 Å². The molecular weight excluding hydrogens is 266 g/mol. The molecule has 0 aliphatic heterocycles. The Labute approximate surface area is 115 Å². The van der Waals surface area contributed by atoms with E-state index in [1.165, 1.54) is 13.2 Å². The summed E-state index contributed by atoms with van der Waals surface area (Å²) in [5.41, 5.74) is -0.00528. The van der Waals surface area contributed by atoms with E-state index in [0.29, 0.717) is 11.5 Å². The van der Waals surface area contributed by atoms with E-state index in [0.717, 1.165) is 12.1 Å². The van der Waals surface area contributed by atoms with Crippen LogP contribution in [0.4, 0.5) is 8.78 Å². The van der Waals surface area contributed by atoms with Crippen molar-refractivity contribution in [1.82, 2.24) is 0 Å². The lowest BCUT2D eigenvalue weighted by atomic mass is 10.1. The van der Waals surface area contributed by atoms with Gasteiger partial charge in [0.1, 0.15) is 35.8 Å². The van der Waals surface area contributed by atoms with Crippen LogP contribution in [0.5, 0.6) is 11.5 Å². The van der Waals surface area contributed by atoms with E-state index in [1.54, 1.807) is 24.3 Å². The minimum absolute atomic E-state index is 0.00528. The molecule has 0 heterocycles. The predicted molar refractivity (Wildman–Crippen MR) is 69.8 cm³/mol. The van der Waals surface area contributed by atoms with Gasteiger partial charge in [-0.05, 0) is 18.2 Å². The molecule has 0 bridgehead atoms. The summed E-state index contributed by atoms with van der Waals surface area (Å²) in [4.78, 5) is 0. The molecular formula is C15H14F2O3. The average molecular weight is 280 g/mol. The Morgan fingerprint density at radius 2 is 1.85 bits per heavy atom. The maximum atomic E-state index is 13.5. The Morgan fingerprint density at radius 1 is 1.10 bits per heavy atom. The molecule has 0 aromatic heterocycles. The van der Waals surface area contributed by atoms with E-state index in [-0.39, 0.29) is 12.2 Å². The number of benzene rings is 2. The first kappa shape index (κ1) is 14.3. The second-order valence-corrected chi connectivity index (χ2v) is 4.17. The van der Waals surface area contributed by atoms with Crippen LogP contribution >= 0.6 is 0 Å². The number of ether oxygens (including phenoxy) is 2. The van der Waals surface area contributed by atoms with Gasteiger partial charge in [0.05, 0.1) is 7.11 Å². The minimum Gasteiger partial charge on any atom is -0.497 e. The third-order valence-electron chi connectivity index (χ3n) is 2.77. The van der Waals surface area contributed by atoms with Crippen molar-refractivity contribution in [2.45, 2.75) is 6.10 Å². The zero-order valence-electron chi connectivity index (χ0n) is 10.8. The molecule has 0 aliphatic rings. The molecule has 0 amide bonds. The first-order valence-electron chi connectivity index (χ1n) is 6.00. The van der Waals surface area contributed by atoms with Crippen LogP contribution in [-0.4, -0.2) is 18.8 Å². The topological polar surface area (TPSA) is 38.7 Å². The summed E-state index contributed by atoms with van der Waals surface area (Å²) in [6.45, 7) is -0.143. The summed E-state index contributed by atoms with van der Waals surface area (Å²) in [6, 6.07) is 9.84. The van der Waals surface area contributed by atoms with Crippen LogP contribution < -0.4 is 9.47 Å². The zero-order valence-corrected chi connectivity index (χ0v) is 10.8. The molecule has 106 valence electrons. The second-order valence-electron chi connectivity index (χ2n) is 4.17. The summed E-state index contributed by atoms with van der Waals surface area (Å²) >= 11 is 0. The second kappa shape index (κ2) is 6.34. The van der Waals surface area contributed by atoms with Crippen LogP contribution in [-0.2, 0) is 0 Å². The van der Waals surface area contributed by atoms with E-state index >= 15 is 0 Å². The Hall–Kier alpha value is -2.14. The van der Waals surface area contributed by atoms with Crippen molar-refractivity contribution in [1.29, 1.82) is 0 Å². The predicted octanol–water partition coefficient (Wildman–Crippen LogP) is 3.09. The number of aliphatic hydroxyl groups is 1. The van der Waals surface area contributed by atoms with Gasteiger partial charge in [-0.3, -0.25) is 0 Å². The molecule has 0 aliphatic carbocycles. The number of hydrogen-bond acceptors (Lipinski definition) is 3. The van der Waals surface area contributed by atoms with Crippen LogP contribution in [0.3, 0.4) is 0 Å². The number of aliphatic hydroxyl groups excluding tert-OH is 1. The highest BCUT2D eigenvalue weighted by Crippen LogP contribution is 2.22. The molecule has 1 unspecified atom stereocenters. The Balaban J connectivity index is 2.02. The van der Waals surface area contributed by atoms with Gasteiger partial charge in [-0.25, -0.2) is 8.78 Å². The number of methoxy groups -OCH3 is 1. The lowest BCUT2D eigenvalue weighted by molar-refractivity contribution is 0.105. The van der Waals surface area contributed by atoms with E-state index < -0.39 is 17.7 Å². The maximum Gasteiger partial charge on any atom is 0.132 e. The molecule has 2 rings (SSSR count). The van der Waals surface area contributed by atoms with Crippen molar-refractivity contribution in [3.8, 4) is 11.5 Å². The number of halogens is 2. The molecule has 5 heteroatoms. The molecule has 3 nitrogen and oxygen atoms in total. The first-order valence-corrected chi connectivity index (χ1v) is 6.00. The molecule has 0 spiro atoms. The summed E-state index contributed by atoms with van der Waals surface area (Å²) in [6.07, 6.45) is -1.18. The molecule has 0 radical (unpaired) electrons. The highest BCUT2D eigenvalue weighted by molar-refractivity contribution is 5.33. The van der Waals surface area contributed by atoms with Crippen molar-refractivity contribution in [3.05, 3.63) is 59.7 Å². The summed E-state index contributed by atoms with van der Waals surface area (Å²) in [5.74, 6) is -0.380. The molecule has 20 heavy (non-hydrogen) atoms. The smallest absolute Gasteiger partial charge is 0.132 e. The van der Waals surface area contributed by atoms with Gasteiger partial charge in [-0.1, -0.05) is 12.1 Å². The molecule has 0 saturated heterocycles. The van der Waals surface area contributed by atoms with E-state index in [2.05, 4.69) is 0 Å². The van der Waals surface area contributed by atoms with Gasteiger partial charge < -0.3 is 14.6 Å². The van der Waals surface area contributed by atoms with Gasteiger partial charge in [0, 0.05) is 17.7 Å².